The molecule has 0 aliphatic carbocycles. The quantitative estimate of drug-likeness (QED) is 0.202. The van der Waals surface area contributed by atoms with Gasteiger partial charge in [0.2, 0.25) is 0 Å². The van der Waals surface area contributed by atoms with Gasteiger partial charge in [0, 0.05) is 17.7 Å². The first-order chi connectivity index (χ1) is 15.2. The molecule has 0 aliphatic rings. The van der Waals surface area contributed by atoms with Crippen LogP contribution in [0.2, 0.25) is 0 Å². The highest BCUT2D eigenvalue weighted by Gasteiger charge is 2.39. The van der Waals surface area contributed by atoms with Crippen LogP contribution in [0.3, 0.4) is 0 Å². The summed E-state index contributed by atoms with van der Waals surface area (Å²) in [6.45, 7) is 1.99. The number of nitrogens with zero attached hydrogens (tertiary/aromatic N) is 1. The zero-order chi connectivity index (χ0) is 23.5. The van der Waals surface area contributed by atoms with Crippen LogP contribution in [0.15, 0.2) is 53.5 Å². The molecular weight excluding hydrogens is 452 g/mol. The van der Waals surface area contributed by atoms with E-state index in [2.05, 4.69) is 21.9 Å². The van der Waals surface area contributed by atoms with E-state index in [-0.39, 0.29) is 5.56 Å². The average molecular weight is 467 g/mol. The van der Waals surface area contributed by atoms with Gasteiger partial charge in [-0.3, -0.25) is 0 Å². The van der Waals surface area contributed by atoms with Crippen LogP contribution in [0.1, 0.15) is 24.5 Å². The minimum absolute atomic E-state index is 0.218. The van der Waals surface area contributed by atoms with Crippen LogP contribution >= 0.6 is 12.2 Å². The number of rotatable bonds is 7. The average Bonchev–Trinajstić information content (AvgIpc) is 2.73. The topological polar surface area (TPSA) is 21.6 Å². The summed E-state index contributed by atoms with van der Waals surface area (Å²) >= 11 is 4.25. The fourth-order valence-electron chi connectivity index (χ4n) is 3.09. The van der Waals surface area contributed by atoms with Gasteiger partial charge in [0.15, 0.2) is 23.3 Å². The molecule has 3 aromatic carbocycles. The van der Waals surface area contributed by atoms with Crippen molar-refractivity contribution in [1.82, 2.24) is 0 Å². The lowest BCUT2D eigenvalue weighted by molar-refractivity contribution is -0.187. The molecule has 0 bridgehead atoms. The summed E-state index contributed by atoms with van der Waals surface area (Å²) < 4.78 is 90.3. The molecule has 0 heterocycles. The third kappa shape index (κ3) is 4.84. The summed E-state index contributed by atoms with van der Waals surface area (Å²) in [7, 11) is 0. The van der Waals surface area contributed by atoms with Gasteiger partial charge >= 0.3 is 6.11 Å². The highest BCUT2D eigenvalue weighted by Crippen LogP contribution is 2.38. The number of thiocarbonyl (C=S) groups is 1. The molecule has 0 unspecified atom stereocenters. The lowest BCUT2D eigenvalue weighted by Crippen LogP contribution is -2.24. The normalized spacial score (nSPS) is 11.2. The molecule has 32 heavy (non-hydrogen) atoms. The van der Waals surface area contributed by atoms with Gasteiger partial charge in [-0.15, -0.1) is 0 Å². The molecule has 0 radical (unpaired) electrons. The fourth-order valence-corrected chi connectivity index (χ4v) is 3.18. The van der Waals surface area contributed by atoms with E-state index in [4.69, 9.17) is 0 Å². The molecule has 9 heteroatoms. The maximum absolute atomic E-state index is 14.6. The molecule has 0 aliphatic heterocycles. The Morgan fingerprint density at radius 3 is 2.12 bits per heavy atom. The lowest BCUT2D eigenvalue weighted by Gasteiger charge is -2.20. The smallest absolute Gasteiger partial charge is 0.429 e. The van der Waals surface area contributed by atoms with Gasteiger partial charge in [0.05, 0.1) is 5.16 Å². The number of hydrogen-bond donors (Lipinski definition) is 0. The number of alkyl halides is 2. The third-order valence-corrected chi connectivity index (χ3v) is 4.68. The summed E-state index contributed by atoms with van der Waals surface area (Å²) in [5, 5.41) is 1.75. The Labute approximate surface area is 185 Å². The number of ether oxygens (including phenoxy) is 1. The number of halogens is 6. The van der Waals surface area contributed by atoms with Crippen molar-refractivity contribution < 1.29 is 31.1 Å². The van der Waals surface area contributed by atoms with Crippen LogP contribution in [0.4, 0.5) is 32.0 Å². The molecule has 0 aromatic heterocycles. The Morgan fingerprint density at radius 1 is 0.938 bits per heavy atom. The largest absolute Gasteiger partial charge is 0.429 e. The monoisotopic (exact) mass is 467 g/mol. The van der Waals surface area contributed by atoms with Crippen LogP contribution in [0, 0.1) is 23.3 Å². The Kier molecular flexibility index (Phi) is 7.01. The van der Waals surface area contributed by atoms with Crippen molar-refractivity contribution in [2.75, 3.05) is 0 Å². The Bertz CT molecular complexity index is 1170. The van der Waals surface area contributed by atoms with Crippen LogP contribution in [0.25, 0.3) is 11.1 Å². The van der Waals surface area contributed by atoms with Gasteiger partial charge in [-0.2, -0.15) is 13.8 Å². The molecule has 0 saturated heterocycles. The number of aliphatic imine (C=N–C) groups is 1. The van der Waals surface area contributed by atoms with Crippen molar-refractivity contribution in [1.29, 1.82) is 0 Å². The minimum Gasteiger partial charge on any atom is -0.429 e. The molecule has 2 nitrogen and oxygen atoms in total. The minimum atomic E-state index is -4.43. The van der Waals surface area contributed by atoms with Crippen LogP contribution < -0.4 is 4.74 Å². The van der Waals surface area contributed by atoms with E-state index in [9.17, 15) is 26.3 Å². The second-order valence-corrected chi connectivity index (χ2v) is 6.98. The molecule has 0 spiro atoms. The van der Waals surface area contributed by atoms with Gasteiger partial charge in [-0.25, -0.2) is 17.6 Å². The van der Waals surface area contributed by atoms with E-state index in [1.807, 2.05) is 6.92 Å². The molecule has 3 aromatic rings. The molecule has 3 rings (SSSR count). The second-order valence-electron chi connectivity index (χ2n) is 6.79. The number of hydrogen-bond acceptors (Lipinski definition) is 3. The predicted molar refractivity (Wildman–Crippen MR) is 111 cm³/mol. The second kappa shape index (κ2) is 9.54. The maximum Gasteiger partial charge on any atom is 0.429 e. The van der Waals surface area contributed by atoms with Crippen molar-refractivity contribution in [2.24, 2.45) is 4.99 Å². The Balaban J connectivity index is 1.93. The van der Waals surface area contributed by atoms with Gasteiger partial charge in [-0.1, -0.05) is 43.7 Å². The van der Waals surface area contributed by atoms with Crippen molar-refractivity contribution in [3.63, 3.8) is 0 Å². The third-order valence-electron chi connectivity index (χ3n) is 4.59. The summed E-state index contributed by atoms with van der Waals surface area (Å²) in [5.41, 5.74) is -1.19. The van der Waals surface area contributed by atoms with Crippen molar-refractivity contribution in [2.45, 2.75) is 25.9 Å². The Morgan fingerprint density at radius 2 is 1.56 bits per heavy atom. The standard InChI is InChI=1S/C23H15F6NOS/c1-2-3-13-4-6-14(7-5-13)16-8-9-17(21(27)20(16)26)23(28,29)31-15-10-18(24)22(30-12-32)19(25)11-15/h4-11H,2-3H2,1H3. The van der Waals surface area contributed by atoms with Gasteiger partial charge in [0.25, 0.3) is 0 Å². The maximum atomic E-state index is 14.6. The summed E-state index contributed by atoms with van der Waals surface area (Å²) in [4.78, 5) is 3.14. The van der Waals surface area contributed by atoms with E-state index in [0.29, 0.717) is 23.8 Å². The fraction of sp³-hybridized carbons (Fsp3) is 0.174. The zero-order valence-electron chi connectivity index (χ0n) is 16.6. The highest BCUT2D eigenvalue weighted by molar-refractivity contribution is 7.78. The molecule has 0 fully saturated rings. The van der Waals surface area contributed by atoms with Gasteiger partial charge in [0.1, 0.15) is 17.0 Å². The highest BCUT2D eigenvalue weighted by atomic mass is 32.1. The van der Waals surface area contributed by atoms with Crippen molar-refractivity contribution in [3.05, 3.63) is 82.9 Å². The summed E-state index contributed by atoms with van der Waals surface area (Å²) in [6, 6.07) is 9.08. The zero-order valence-corrected chi connectivity index (χ0v) is 17.4. The Hall–Kier alpha value is -3.16. The molecule has 0 saturated carbocycles. The SMILES string of the molecule is CCCc1ccc(-c2ccc(C(F)(F)Oc3cc(F)c(N=C=S)c(F)c3)c(F)c2F)cc1. The first-order valence-corrected chi connectivity index (χ1v) is 9.80. The molecular formula is C23H15F6NOS. The van der Waals surface area contributed by atoms with E-state index < -0.39 is 46.4 Å². The van der Waals surface area contributed by atoms with Crippen molar-refractivity contribution >= 4 is 23.1 Å². The predicted octanol–water partition coefficient (Wildman–Crippen LogP) is 7.73. The van der Waals surface area contributed by atoms with E-state index in [0.717, 1.165) is 24.5 Å². The first kappa shape index (κ1) is 23.5. The van der Waals surface area contributed by atoms with Gasteiger partial charge < -0.3 is 4.74 Å². The molecule has 0 N–H and O–H groups in total. The summed E-state index contributed by atoms with van der Waals surface area (Å²) in [5.74, 6) is -6.99. The number of benzene rings is 3. The van der Waals surface area contributed by atoms with Crippen LogP contribution in [-0.4, -0.2) is 5.16 Å². The van der Waals surface area contributed by atoms with Crippen LogP contribution in [0.5, 0.6) is 5.75 Å². The molecule has 0 amide bonds. The number of isothiocyanates is 1. The van der Waals surface area contributed by atoms with Crippen molar-refractivity contribution in [3.8, 4) is 16.9 Å². The molecule has 0 atom stereocenters. The van der Waals surface area contributed by atoms with E-state index in [1.54, 1.807) is 29.4 Å². The van der Waals surface area contributed by atoms with Gasteiger partial charge in [-0.05, 0) is 35.8 Å². The first-order valence-electron chi connectivity index (χ1n) is 9.39. The van der Waals surface area contributed by atoms with E-state index >= 15 is 0 Å². The number of aryl methyl sites for hydroxylation is 1. The van der Waals surface area contributed by atoms with E-state index in [1.165, 1.54) is 0 Å². The lowest BCUT2D eigenvalue weighted by atomic mass is 10.00. The van der Waals surface area contributed by atoms with Crippen LogP contribution in [-0.2, 0) is 12.5 Å². The summed E-state index contributed by atoms with van der Waals surface area (Å²) in [6.07, 6.45) is -2.72. The molecule has 166 valence electrons.